The van der Waals surface area contributed by atoms with Crippen LogP contribution in [0.15, 0.2) is 48.5 Å². The lowest BCUT2D eigenvalue weighted by molar-refractivity contribution is -0.134. The van der Waals surface area contributed by atoms with Crippen molar-refractivity contribution in [3.05, 3.63) is 65.5 Å². The fourth-order valence-corrected chi connectivity index (χ4v) is 2.63. The van der Waals surface area contributed by atoms with Crippen LogP contribution in [0.5, 0.6) is 5.75 Å². The predicted octanol–water partition coefficient (Wildman–Crippen LogP) is 2.58. The molecule has 0 saturated heterocycles. The van der Waals surface area contributed by atoms with Crippen molar-refractivity contribution in [3.8, 4) is 5.75 Å². The highest BCUT2D eigenvalue weighted by molar-refractivity contribution is 5.83. The molecule has 0 atom stereocenters. The second-order valence-corrected chi connectivity index (χ2v) is 6.27. The topological polar surface area (TPSA) is 58.6 Å². The normalized spacial score (nSPS) is 10.3. The third-order valence-electron chi connectivity index (χ3n) is 4.26. The molecule has 0 aliphatic heterocycles. The Bertz CT molecular complexity index is 745. The molecule has 0 bridgehead atoms. The minimum absolute atomic E-state index is 0.0227. The summed E-state index contributed by atoms with van der Waals surface area (Å²) in [5.74, 6) is 0.152. The molecule has 0 aliphatic rings. The summed E-state index contributed by atoms with van der Waals surface area (Å²) in [7, 11) is 1.61. The Morgan fingerprint density at radius 3 is 2.19 bits per heavy atom. The number of methoxy groups -OCH3 is 1. The number of carbonyl (C=O) groups excluding carboxylic acids is 2. The smallest absolute Gasteiger partial charge is 0.239 e. The highest BCUT2D eigenvalue weighted by Crippen LogP contribution is 2.12. The van der Waals surface area contributed by atoms with Crippen LogP contribution < -0.4 is 10.1 Å². The molecule has 0 unspecified atom stereocenters. The Kier molecular flexibility index (Phi) is 7.79. The molecule has 5 nitrogen and oxygen atoms in total. The molecule has 6 heteroatoms. The van der Waals surface area contributed by atoms with E-state index in [-0.39, 0.29) is 24.2 Å². The molecule has 27 heavy (non-hydrogen) atoms. The molecular weight excluding hydrogens is 347 g/mol. The molecule has 0 spiro atoms. The van der Waals surface area contributed by atoms with Crippen molar-refractivity contribution in [1.29, 1.82) is 0 Å². The van der Waals surface area contributed by atoms with Crippen LogP contribution in [0.1, 0.15) is 18.1 Å². The fraction of sp³-hybridized carbons (Fsp3) is 0.333. The van der Waals surface area contributed by atoms with Crippen molar-refractivity contribution in [2.75, 3.05) is 26.7 Å². The first kappa shape index (κ1) is 20.4. The first-order valence-electron chi connectivity index (χ1n) is 8.87. The number of rotatable bonds is 9. The van der Waals surface area contributed by atoms with Gasteiger partial charge in [0.05, 0.1) is 13.7 Å². The standard InChI is InChI=1S/C21H25FN2O3/c1-16(25)24(14-12-18-5-9-20(27-2)10-6-18)15-21(26)23-13-11-17-3-7-19(22)8-4-17/h3-10H,11-15H2,1-2H3,(H,23,26). The summed E-state index contributed by atoms with van der Waals surface area (Å²) in [5, 5.41) is 2.80. The van der Waals surface area contributed by atoms with Gasteiger partial charge in [0.2, 0.25) is 11.8 Å². The maximum absolute atomic E-state index is 12.9. The summed E-state index contributed by atoms with van der Waals surface area (Å²) in [6.07, 6.45) is 1.27. The lowest BCUT2D eigenvalue weighted by Crippen LogP contribution is -2.41. The van der Waals surface area contributed by atoms with Gasteiger partial charge in [-0.3, -0.25) is 9.59 Å². The van der Waals surface area contributed by atoms with Crippen molar-refractivity contribution in [3.63, 3.8) is 0 Å². The highest BCUT2D eigenvalue weighted by Gasteiger charge is 2.13. The Balaban J connectivity index is 1.77. The second-order valence-electron chi connectivity index (χ2n) is 6.27. The van der Waals surface area contributed by atoms with E-state index < -0.39 is 0 Å². The molecule has 0 aromatic heterocycles. The number of hydrogen-bond donors (Lipinski definition) is 1. The van der Waals surface area contributed by atoms with Crippen LogP contribution in [0.2, 0.25) is 0 Å². The van der Waals surface area contributed by atoms with Gasteiger partial charge in [0.25, 0.3) is 0 Å². The Morgan fingerprint density at radius 2 is 1.59 bits per heavy atom. The van der Waals surface area contributed by atoms with Gasteiger partial charge in [0.15, 0.2) is 0 Å². The number of ether oxygens (including phenoxy) is 1. The monoisotopic (exact) mass is 372 g/mol. The van der Waals surface area contributed by atoms with Crippen LogP contribution in [0.4, 0.5) is 4.39 Å². The SMILES string of the molecule is COc1ccc(CCN(CC(=O)NCCc2ccc(F)cc2)C(C)=O)cc1. The van der Waals surface area contributed by atoms with E-state index in [1.54, 1.807) is 19.2 Å². The number of nitrogens with one attached hydrogen (secondary N) is 1. The van der Waals surface area contributed by atoms with Crippen molar-refractivity contribution in [2.24, 2.45) is 0 Å². The maximum Gasteiger partial charge on any atom is 0.239 e. The van der Waals surface area contributed by atoms with Crippen LogP contribution in [-0.2, 0) is 22.4 Å². The van der Waals surface area contributed by atoms with E-state index in [9.17, 15) is 14.0 Å². The largest absolute Gasteiger partial charge is 0.497 e. The van der Waals surface area contributed by atoms with E-state index in [0.717, 1.165) is 16.9 Å². The molecular formula is C21H25FN2O3. The number of nitrogens with zero attached hydrogens (tertiary/aromatic N) is 1. The van der Waals surface area contributed by atoms with Crippen LogP contribution in [0.25, 0.3) is 0 Å². The predicted molar refractivity (Wildman–Crippen MR) is 102 cm³/mol. The number of hydrogen-bond acceptors (Lipinski definition) is 3. The summed E-state index contributed by atoms with van der Waals surface area (Å²) >= 11 is 0. The lowest BCUT2D eigenvalue weighted by atomic mass is 10.1. The molecule has 1 N–H and O–H groups in total. The van der Waals surface area contributed by atoms with E-state index in [4.69, 9.17) is 4.74 Å². The minimum atomic E-state index is -0.281. The summed E-state index contributed by atoms with van der Waals surface area (Å²) in [6.45, 7) is 2.39. The summed E-state index contributed by atoms with van der Waals surface area (Å²) in [4.78, 5) is 25.5. The molecule has 0 radical (unpaired) electrons. The van der Waals surface area contributed by atoms with E-state index in [2.05, 4.69) is 5.32 Å². The number of amides is 2. The van der Waals surface area contributed by atoms with Crippen molar-refractivity contribution in [1.82, 2.24) is 10.2 Å². The van der Waals surface area contributed by atoms with Crippen LogP contribution in [0.3, 0.4) is 0 Å². The average Bonchev–Trinajstić information content (AvgIpc) is 2.67. The summed E-state index contributed by atoms with van der Waals surface area (Å²) in [5.41, 5.74) is 2.01. The molecule has 0 aliphatic carbocycles. The number of halogens is 1. The van der Waals surface area contributed by atoms with Gasteiger partial charge in [-0.1, -0.05) is 24.3 Å². The fourth-order valence-electron chi connectivity index (χ4n) is 2.63. The van der Waals surface area contributed by atoms with Gasteiger partial charge in [-0.15, -0.1) is 0 Å². The Hall–Kier alpha value is -2.89. The molecule has 2 rings (SSSR count). The quantitative estimate of drug-likeness (QED) is 0.736. The van der Waals surface area contributed by atoms with Crippen LogP contribution in [-0.4, -0.2) is 43.5 Å². The molecule has 2 aromatic carbocycles. The zero-order chi connectivity index (χ0) is 19.6. The van der Waals surface area contributed by atoms with Crippen molar-refractivity contribution < 1.29 is 18.7 Å². The number of carbonyl (C=O) groups is 2. The van der Waals surface area contributed by atoms with Crippen LogP contribution >= 0.6 is 0 Å². The molecule has 144 valence electrons. The summed E-state index contributed by atoms with van der Waals surface area (Å²) in [6, 6.07) is 13.8. The third kappa shape index (κ3) is 7.09. The minimum Gasteiger partial charge on any atom is -0.497 e. The van der Waals surface area contributed by atoms with Gasteiger partial charge in [-0.25, -0.2) is 4.39 Å². The van der Waals surface area contributed by atoms with Gasteiger partial charge >= 0.3 is 0 Å². The van der Waals surface area contributed by atoms with Crippen LogP contribution in [0, 0.1) is 5.82 Å². The lowest BCUT2D eigenvalue weighted by Gasteiger charge is -2.20. The van der Waals surface area contributed by atoms with E-state index in [1.165, 1.54) is 24.0 Å². The van der Waals surface area contributed by atoms with Gasteiger partial charge < -0.3 is 15.0 Å². The highest BCUT2D eigenvalue weighted by atomic mass is 19.1. The van der Waals surface area contributed by atoms with Gasteiger partial charge in [0.1, 0.15) is 11.6 Å². The molecule has 2 aromatic rings. The molecule has 2 amide bonds. The Labute approximate surface area is 159 Å². The van der Waals surface area contributed by atoms with Gasteiger partial charge in [-0.2, -0.15) is 0 Å². The first-order chi connectivity index (χ1) is 13.0. The zero-order valence-electron chi connectivity index (χ0n) is 15.7. The van der Waals surface area contributed by atoms with E-state index in [0.29, 0.717) is 25.9 Å². The average molecular weight is 372 g/mol. The first-order valence-corrected chi connectivity index (χ1v) is 8.87. The third-order valence-corrected chi connectivity index (χ3v) is 4.26. The van der Waals surface area contributed by atoms with Crippen molar-refractivity contribution >= 4 is 11.8 Å². The van der Waals surface area contributed by atoms with E-state index in [1.807, 2.05) is 24.3 Å². The maximum atomic E-state index is 12.9. The van der Waals surface area contributed by atoms with Gasteiger partial charge in [-0.05, 0) is 48.2 Å². The zero-order valence-corrected chi connectivity index (χ0v) is 15.7. The van der Waals surface area contributed by atoms with E-state index >= 15 is 0 Å². The second kappa shape index (κ2) is 10.3. The van der Waals surface area contributed by atoms with Gasteiger partial charge in [0, 0.05) is 20.0 Å². The van der Waals surface area contributed by atoms with Crippen molar-refractivity contribution in [2.45, 2.75) is 19.8 Å². The molecule has 0 fully saturated rings. The Morgan fingerprint density at radius 1 is 1.00 bits per heavy atom. The summed E-state index contributed by atoms with van der Waals surface area (Å²) < 4.78 is 18.0. The molecule has 0 heterocycles. The molecule has 0 saturated carbocycles. The number of benzene rings is 2.